The SMILES string of the molecule is CC(C)C[CH2][Sn][CH2]CC(C)C.Cl.Cl. The second kappa shape index (κ2) is 13.4. The molecule has 0 saturated carbocycles. The molecule has 0 fully saturated rings. The van der Waals surface area contributed by atoms with Gasteiger partial charge in [0.15, 0.2) is 0 Å². The van der Waals surface area contributed by atoms with Crippen LogP contribution in [0.3, 0.4) is 0 Å². The average molecular weight is 334 g/mol. The summed E-state index contributed by atoms with van der Waals surface area (Å²) in [6.45, 7) is 9.34. The molecular formula is C10H24Cl2Sn. The molecular weight excluding hydrogens is 310 g/mol. The predicted octanol–water partition coefficient (Wildman–Crippen LogP) is 4.46. The molecule has 0 heterocycles. The molecule has 0 aromatic rings. The van der Waals surface area contributed by atoms with Crippen molar-refractivity contribution in [3.05, 3.63) is 0 Å². The van der Waals surface area contributed by atoms with E-state index < -0.39 is 0 Å². The van der Waals surface area contributed by atoms with Crippen molar-refractivity contribution < 1.29 is 0 Å². The Bertz CT molecular complexity index is 75.0. The molecule has 0 N–H and O–H groups in total. The number of halogens is 2. The van der Waals surface area contributed by atoms with Crippen molar-refractivity contribution in [2.24, 2.45) is 11.8 Å². The van der Waals surface area contributed by atoms with Crippen LogP contribution in [0.1, 0.15) is 40.5 Å². The molecule has 82 valence electrons. The van der Waals surface area contributed by atoms with E-state index in [0.717, 1.165) is 11.8 Å². The number of hydrogen-bond donors (Lipinski definition) is 0. The third-order valence-electron chi connectivity index (χ3n) is 1.80. The van der Waals surface area contributed by atoms with Crippen molar-refractivity contribution in [1.29, 1.82) is 0 Å². The van der Waals surface area contributed by atoms with Gasteiger partial charge in [-0.15, -0.1) is 24.8 Å². The van der Waals surface area contributed by atoms with Gasteiger partial charge in [0.1, 0.15) is 0 Å². The van der Waals surface area contributed by atoms with E-state index >= 15 is 0 Å². The van der Waals surface area contributed by atoms with Gasteiger partial charge in [0.05, 0.1) is 0 Å². The molecule has 0 bridgehead atoms. The zero-order valence-electron chi connectivity index (χ0n) is 9.30. The zero-order chi connectivity index (χ0) is 8.69. The minimum atomic E-state index is 0. The smallest absolute Gasteiger partial charge is 0.147 e. The Hall–Kier alpha value is 1.38. The second-order valence-corrected chi connectivity index (χ2v) is 8.40. The largest absolute Gasteiger partial charge is 0.147 e. The Morgan fingerprint density at radius 1 is 0.769 bits per heavy atom. The molecule has 0 aromatic heterocycles. The van der Waals surface area contributed by atoms with Crippen LogP contribution in [0.2, 0.25) is 8.87 Å². The summed E-state index contributed by atoms with van der Waals surface area (Å²) in [5.41, 5.74) is 0. The van der Waals surface area contributed by atoms with Crippen LogP contribution >= 0.6 is 24.8 Å². The third kappa shape index (κ3) is 19.7. The second-order valence-electron chi connectivity index (χ2n) is 4.12. The molecule has 0 aromatic carbocycles. The van der Waals surface area contributed by atoms with Crippen LogP contribution in [-0.4, -0.2) is 21.1 Å². The first-order valence-corrected chi connectivity index (χ1v) is 8.87. The van der Waals surface area contributed by atoms with Crippen LogP contribution < -0.4 is 0 Å². The summed E-state index contributed by atoms with van der Waals surface area (Å²) in [6, 6.07) is 0. The minimum absolute atomic E-state index is 0. The van der Waals surface area contributed by atoms with Gasteiger partial charge in [0, 0.05) is 0 Å². The first-order chi connectivity index (χ1) is 5.13. The van der Waals surface area contributed by atoms with Gasteiger partial charge in [-0.25, -0.2) is 0 Å². The summed E-state index contributed by atoms with van der Waals surface area (Å²) < 4.78 is 3.21. The van der Waals surface area contributed by atoms with Crippen LogP contribution in [0.25, 0.3) is 0 Å². The molecule has 0 aliphatic rings. The Morgan fingerprint density at radius 2 is 1.08 bits per heavy atom. The van der Waals surface area contributed by atoms with Crippen LogP contribution in [0, 0.1) is 11.8 Å². The summed E-state index contributed by atoms with van der Waals surface area (Å²) in [7, 11) is 0. The molecule has 13 heavy (non-hydrogen) atoms. The number of hydrogen-bond acceptors (Lipinski definition) is 0. The summed E-state index contributed by atoms with van der Waals surface area (Å²) in [5, 5.41) is 0. The van der Waals surface area contributed by atoms with Gasteiger partial charge in [-0.1, -0.05) is 0 Å². The van der Waals surface area contributed by atoms with Crippen molar-refractivity contribution >= 4 is 46.0 Å². The third-order valence-corrected chi connectivity index (χ3v) is 5.46. The molecule has 0 aliphatic carbocycles. The monoisotopic (exact) mass is 334 g/mol. The molecule has 0 spiro atoms. The van der Waals surface area contributed by atoms with Crippen LogP contribution in [0.15, 0.2) is 0 Å². The normalized spacial score (nSPS) is 9.69. The van der Waals surface area contributed by atoms with E-state index in [4.69, 9.17) is 0 Å². The van der Waals surface area contributed by atoms with Crippen molar-refractivity contribution in [2.45, 2.75) is 49.4 Å². The van der Waals surface area contributed by atoms with Gasteiger partial charge < -0.3 is 0 Å². The van der Waals surface area contributed by atoms with E-state index in [1.165, 1.54) is 12.8 Å². The first kappa shape index (κ1) is 19.9. The van der Waals surface area contributed by atoms with Gasteiger partial charge in [-0.3, -0.25) is 0 Å². The topological polar surface area (TPSA) is 0 Å². The van der Waals surface area contributed by atoms with Crippen molar-refractivity contribution in [1.82, 2.24) is 0 Å². The fourth-order valence-electron chi connectivity index (χ4n) is 0.906. The van der Waals surface area contributed by atoms with Gasteiger partial charge >= 0.3 is 82.4 Å². The molecule has 0 atom stereocenters. The Morgan fingerprint density at radius 3 is 1.31 bits per heavy atom. The summed E-state index contributed by atoms with van der Waals surface area (Å²) in [4.78, 5) is 0. The quantitative estimate of drug-likeness (QED) is 0.497. The fourth-order valence-corrected chi connectivity index (χ4v) is 6.08. The standard InChI is InChI=1S/2C5H11.2ClH.Sn/c2*1-4-5(2)3;;;/h2*5H,1,4H2,2-3H3;2*1H;. The first-order valence-electron chi connectivity index (χ1n) is 4.83. The fraction of sp³-hybridized carbons (Fsp3) is 1.00. The molecule has 0 nitrogen and oxygen atoms in total. The number of rotatable bonds is 6. The molecule has 3 heteroatoms. The van der Waals surface area contributed by atoms with E-state index in [2.05, 4.69) is 27.7 Å². The predicted molar refractivity (Wildman–Crippen MR) is 68.8 cm³/mol. The maximum Gasteiger partial charge on any atom is -0.147 e. The van der Waals surface area contributed by atoms with Crippen molar-refractivity contribution in [3.8, 4) is 0 Å². The Balaban J connectivity index is -0.000000500. The molecule has 0 aliphatic heterocycles. The maximum absolute atomic E-state index is 2.34. The van der Waals surface area contributed by atoms with E-state index in [9.17, 15) is 0 Å². The van der Waals surface area contributed by atoms with Crippen LogP contribution in [-0.2, 0) is 0 Å². The van der Waals surface area contributed by atoms with E-state index in [0.29, 0.717) is 0 Å². The van der Waals surface area contributed by atoms with Crippen LogP contribution in [0.5, 0.6) is 0 Å². The minimum Gasteiger partial charge on any atom is -0.147 e. The Labute approximate surface area is 107 Å². The summed E-state index contributed by atoms with van der Waals surface area (Å²) in [5.74, 6) is 1.88. The maximum atomic E-state index is 2.34. The average Bonchev–Trinajstić information content (AvgIpc) is 1.85. The molecule has 0 unspecified atom stereocenters. The van der Waals surface area contributed by atoms with Gasteiger partial charge in [0.25, 0.3) is 0 Å². The van der Waals surface area contributed by atoms with E-state index in [1.807, 2.05) is 0 Å². The summed E-state index contributed by atoms with van der Waals surface area (Å²) in [6.07, 6.45) is 2.98. The van der Waals surface area contributed by atoms with E-state index in [1.54, 1.807) is 8.87 Å². The van der Waals surface area contributed by atoms with E-state index in [-0.39, 0.29) is 46.0 Å². The molecule has 2 radical (unpaired) electrons. The summed E-state index contributed by atoms with van der Waals surface area (Å²) >= 11 is 0.0759. The van der Waals surface area contributed by atoms with Gasteiger partial charge in [-0.2, -0.15) is 0 Å². The molecule has 0 rings (SSSR count). The molecule has 0 amide bonds. The van der Waals surface area contributed by atoms with Crippen molar-refractivity contribution in [2.75, 3.05) is 0 Å². The zero-order valence-corrected chi connectivity index (χ0v) is 13.8. The molecule has 0 saturated heterocycles. The van der Waals surface area contributed by atoms with Crippen molar-refractivity contribution in [3.63, 3.8) is 0 Å². The van der Waals surface area contributed by atoms with Crippen LogP contribution in [0.4, 0.5) is 0 Å². The van der Waals surface area contributed by atoms with Gasteiger partial charge in [-0.05, 0) is 0 Å². The van der Waals surface area contributed by atoms with Gasteiger partial charge in [0.2, 0.25) is 0 Å². The Kier molecular flexibility index (Phi) is 20.5.